The highest BCUT2D eigenvalue weighted by Crippen LogP contribution is 2.24. The molecule has 1 aliphatic heterocycles. The second-order valence-electron chi connectivity index (χ2n) is 7.14. The molecule has 0 saturated carbocycles. The average molecular weight is 409 g/mol. The Morgan fingerprint density at radius 1 is 1.07 bits per heavy atom. The van der Waals surface area contributed by atoms with Crippen molar-refractivity contribution < 1.29 is 14.0 Å². The van der Waals surface area contributed by atoms with Gasteiger partial charge in [-0.2, -0.15) is 0 Å². The van der Waals surface area contributed by atoms with Crippen LogP contribution in [-0.4, -0.2) is 29.8 Å². The number of carbonyl (C=O) groups is 2. The Morgan fingerprint density at radius 3 is 2.66 bits per heavy atom. The van der Waals surface area contributed by atoms with Crippen LogP contribution < -0.4 is 5.32 Å². The first kappa shape index (κ1) is 19.3. The number of carbonyl (C=O) groups excluding carboxylic acids is 2. The molecule has 1 aromatic heterocycles. The van der Waals surface area contributed by atoms with Crippen LogP contribution in [0, 0.1) is 5.92 Å². The lowest BCUT2D eigenvalue weighted by molar-refractivity contribution is -0.121. The van der Waals surface area contributed by atoms with Gasteiger partial charge >= 0.3 is 0 Å². The molecule has 1 aliphatic rings. The summed E-state index contributed by atoms with van der Waals surface area (Å²) in [6, 6.07) is 18.1. The summed E-state index contributed by atoms with van der Waals surface area (Å²) in [6.45, 7) is 1.05. The molecule has 148 valence electrons. The van der Waals surface area contributed by atoms with E-state index in [1.54, 1.807) is 41.5 Å². The molecule has 0 radical (unpaired) electrons. The topological polar surface area (TPSA) is 62.6 Å². The van der Waals surface area contributed by atoms with Gasteiger partial charge < -0.3 is 14.6 Å². The van der Waals surface area contributed by atoms with Crippen molar-refractivity contribution in [3.05, 3.63) is 77.5 Å². The van der Waals surface area contributed by atoms with Crippen molar-refractivity contribution in [3.8, 4) is 11.3 Å². The minimum atomic E-state index is -0.239. The van der Waals surface area contributed by atoms with Crippen molar-refractivity contribution in [3.63, 3.8) is 0 Å². The molecule has 4 rings (SSSR count). The molecule has 1 atom stereocenters. The van der Waals surface area contributed by atoms with Gasteiger partial charge in [0.15, 0.2) is 0 Å². The lowest BCUT2D eigenvalue weighted by Gasteiger charge is -2.32. The van der Waals surface area contributed by atoms with E-state index in [1.165, 1.54) is 0 Å². The molecule has 3 aromatic rings. The molecule has 2 aromatic carbocycles. The fourth-order valence-electron chi connectivity index (χ4n) is 3.58. The van der Waals surface area contributed by atoms with Crippen molar-refractivity contribution in [1.82, 2.24) is 4.90 Å². The molecular formula is C23H21ClN2O3. The maximum Gasteiger partial charge on any atom is 0.253 e. The third-order valence-corrected chi connectivity index (χ3v) is 5.36. The van der Waals surface area contributed by atoms with Gasteiger partial charge in [-0.25, -0.2) is 0 Å². The highest BCUT2D eigenvalue weighted by Gasteiger charge is 2.29. The molecule has 2 heterocycles. The monoisotopic (exact) mass is 408 g/mol. The van der Waals surface area contributed by atoms with Crippen molar-refractivity contribution in [2.24, 2.45) is 5.92 Å². The quantitative estimate of drug-likeness (QED) is 0.653. The summed E-state index contributed by atoms with van der Waals surface area (Å²) in [5, 5.41) is 3.54. The molecule has 1 N–H and O–H groups in total. The van der Waals surface area contributed by atoms with Gasteiger partial charge in [0.25, 0.3) is 5.91 Å². The Hall–Kier alpha value is -3.05. The lowest BCUT2D eigenvalue weighted by Crippen LogP contribution is -2.43. The fraction of sp³-hybridized carbons (Fsp3) is 0.217. The molecule has 0 unspecified atom stereocenters. The maximum absolute atomic E-state index is 13.0. The molecule has 0 aliphatic carbocycles. The van der Waals surface area contributed by atoms with Gasteiger partial charge in [0.05, 0.1) is 12.2 Å². The number of rotatable bonds is 4. The second kappa shape index (κ2) is 8.53. The fourth-order valence-corrected chi connectivity index (χ4v) is 3.71. The number of nitrogens with one attached hydrogen (secondary N) is 1. The van der Waals surface area contributed by atoms with E-state index in [-0.39, 0.29) is 17.7 Å². The van der Waals surface area contributed by atoms with E-state index >= 15 is 0 Å². The van der Waals surface area contributed by atoms with Crippen molar-refractivity contribution in [2.45, 2.75) is 12.8 Å². The van der Waals surface area contributed by atoms with Gasteiger partial charge in [0.1, 0.15) is 5.76 Å². The van der Waals surface area contributed by atoms with E-state index in [1.807, 2.05) is 30.3 Å². The van der Waals surface area contributed by atoms with Gasteiger partial charge in [-0.3, -0.25) is 9.59 Å². The largest absolute Gasteiger partial charge is 0.464 e. The number of likely N-dealkylation sites (tertiary alicyclic amines) is 1. The van der Waals surface area contributed by atoms with Crippen molar-refractivity contribution in [2.75, 3.05) is 18.4 Å². The summed E-state index contributed by atoms with van der Waals surface area (Å²) in [7, 11) is 0. The molecular weight excluding hydrogens is 388 g/mol. The number of hydrogen-bond donors (Lipinski definition) is 1. The number of hydrogen-bond acceptors (Lipinski definition) is 3. The SMILES string of the molecule is O=C(Nc1ccc(Cl)cc1)[C@H]1CCCN(C(=O)c2cccc(-c3ccco3)c2)C1. The van der Waals surface area contributed by atoms with Crippen LogP contribution in [0.3, 0.4) is 0 Å². The van der Waals surface area contributed by atoms with Gasteiger partial charge in [0, 0.05) is 34.9 Å². The van der Waals surface area contributed by atoms with Crippen molar-refractivity contribution >= 4 is 29.1 Å². The Kier molecular flexibility index (Phi) is 5.67. The minimum Gasteiger partial charge on any atom is -0.464 e. The van der Waals surface area contributed by atoms with Crippen LogP contribution in [0.1, 0.15) is 23.2 Å². The van der Waals surface area contributed by atoms with Gasteiger partial charge in [-0.1, -0.05) is 23.7 Å². The zero-order valence-corrected chi connectivity index (χ0v) is 16.6. The summed E-state index contributed by atoms with van der Waals surface area (Å²) in [4.78, 5) is 27.5. The molecule has 29 heavy (non-hydrogen) atoms. The van der Waals surface area contributed by atoms with Crippen LogP contribution in [0.15, 0.2) is 71.3 Å². The van der Waals surface area contributed by atoms with E-state index < -0.39 is 0 Å². The summed E-state index contributed by atoms with van der Waals surface area (Å²) < 4.78 is 5.43. The highest BCUT2D eigenvalue weighted by atomic mass is 35.5. The van der Waals surface area contributed by atoms with Gasteiger partial charge in [-0.05, 0) is 61.4 Å². The Morgan fingerprint density at radius 2 is 1.90 bits per heavy atom. The summed E-state index contributed by atoms with van der Waals surface area (Å²) in [5.41, 5.74) is 2.15. The Labute approximate surface area is 174 Å². The molecule has 1 saturated heterocycles. The average Bonchev–Trinajstić information content (AvgIpc) is 3.30. The molecule has 1 fully saturated rings. The number of nitrogens with zero attached hydrogens (tertiary/aromatic N) is 1. The summed E-state index contributed by atoms with van der Waals surface area (Å²) >= 11 is 5.89. The Bertz CT molecular complexity index is 999. The van der Waals surface area contributed by atoms with E-state index in [0.717, 1.165) is 24.2 Å². The number of halogens is 1. The lowest BCUT2D eigenvalue weighted by atomic mass is 9.96. The zero-order valence-electron chi connectivity index (χ0n) is 15.8. The predicted octanol–water partition coefficient (Wildman–Crippen LogP) is 5.09. The van der Waals surface area contributed by atoms with E-state index in [2.05, 4.69) is 5.32 Å². The molecule has 2 amide bonds. The number of furan rings is 1. The van der Waals surface area contributed by atoms with Crippen LogP contribution >= 0.6 is 11.6 Å². The van der Waals surface area contributed by atoms with Crippen LogP contribution in [0.5, 0.6) is 0 Å². The van der Waals surface area contributed by atoms with E-state index in [0.29, 0.717) is 29.4 Å². The molecule has 0 bridgehead atoms. The number of amides is 2. The van der Waals surface area contributed by atoms with Crippen LogP contribution in [-0.2, 0) is 4.79 Å². The maximum atomic E-state index is 13.0. The van der Waals surface area contributed by atoms with Crippen LogP contribution in [0.4, 0.5) is 5.69 Å². The normalized spacial score (nSPS) is 16.4. The van der Waals surface area contributed by atoms with Gasteiger partial charge in [-0.15, -0.1) is 0 Å². The third kappa shape index (κ3) is 4.51. The number of benzene rings is 2. The zero-order chi connectivity index (χ0) is 20.2. The predicted molar refractivity (Wildman–Crippen MR) is 113 cm³/mol. The second-order valence-corrected chi connectivity index (χ2v) is 7.58. The van der Waals surface area contributed by atoms with Crippen molar-refractivity contribution in [1.29, 1.82) is 0 Å². The van der Waals surface area contributed by atoms with Crippen LogP contribution in [0.2, 0.25) is 5.02 Å². The number of anilines is 1. The molecule has 6 heteroatoms. The minimum absolute atomic E-state index is 0.0672. The smallest absolute Gasteiger partial charge is 0.253 e. The first-order valence-corrected chi connectivity index (χ1v) is 9.97. The number of piperidine rings is 1. The molecule has 0 spiro atoms. The Balaban J connectivity index is 1.44. The van der Waals surface area contributed by atoms with E-state index in [4.69, 9.17) is 16.0 Å². The standard InChI is InChI=1S/C23H21ClN2O3/c24-19-8-10-20(11-9-19)25-22(27)18-6-2-12-26(15-18)23(28)17-5-1-4-16(14-17)21-7-3-13-29-21/h1,3-5,7-11,13-14,18H,2,6,12,15H2,(H,25,27)/t18-/m0/s1. The summed E-state index contributed by atoms with van der Waals surface area (Å²) in [6.07, 6.45) is 3.16. The first-order valence-electron chi connectivity index (χ1n) is 9.60. The summed E-state index contributed by atoms with van der Waals surface area (Å²) in [5.74, 6) is 0.340. The van der Waals surface area contributed by atoms with Crippen LogP contribution in [0.25, 0.3) is 11.3 Å². The van der Waals surface area contributed by atoms with Gasteiger partial charge in [0.2, 0.25) is 5.91 Å². The first-order chi connectivity index (χ1) is 14.1. The van der Waals surface area contributed by atoms with E-state index in [9.17, 15) is 9.59 Å². The highest BCUT2D eigenvalue weighted by molar-refractivity contribution is 6.30. The molecule has 5 nitrogen and oxygen atoms in total. The third-order valence-electron chi connectivity index (χ3n) is 5.11.